The first-order chi connectivity index (χ1) is 15.5. The van der Waals surface area contributed by atoms with Crippen molar-refractivity contribution in [1.29, 1.82) is 0 Å². The van der Waals surface area contributed by atoms with Gasteiger partial charge in [0.2, 0.25) is 0 Å². The second-order valence-corrected chi connectivity index (χ2v) is 8.26. The smallest absolute Gasteiger partial charge is 0.279 e. The van der Waals surface area contributed by atoms with E-state index in [4.69, 9.17) is 11.6 Å². The Kier molecular flexibility index (Phi) is 6.83. The van der Waals surface area contributed by atoms with Gasteiger partial charge in [0.05, 0.1) is 31.9 Å². The Labute approximate surface area is 191 Å². The van der Waals surface area contributed by atoms with Crippen molar-refractivity contribution >= 4 is 34.7 Å². The summed E-state index contributed by atoms with van der Waals surface area (Å²) in [6.07, 6.45) is 0. The molecule has 1 aliphatic rings. The zero-order valence-electron chi connectivity index (χ0n) is 17.5. The zero-order valence-corrected chi connectivity index (χ0v) is 18.2. The average Bonchev–Trinajstić information content (AvgIpc) is 2.81. The molecule has 0 unspecified atom stereocenters. The van der Waals surface area contributed by atoms with Crippen molar-refractivity contribution in [1.82, 2.24) is 0 Å². The average molecular weight is 453 g/mol. The summed E-state index contributed by atoms with van der Waals surface area (Å²) in [6, 6.07) is 20.3. The molecule has 0 bridgehead atoms. The van der Waals surface area contributed by atoms with E-state index in [0.29, 0.717) is 28.4 Å². The lowest BCUT2D eigenvalue weighted by Crippen LogP contribution is -3.15. The van der Waals surface area contributed by atoms with Crippen LogP contribution in [0, 0.1) is 5.82 Å². The van der Waals surface area contributed by atoms with Gasteiger partial charge < -0.3 is 15.1 Å². The molecule has 1 saturated heterocycles. The van der Waals surface area contributed by atoms with Crippen LogP contribution < -0.4 is 15.1 Å². The highest BCUT2D eigenvalue weighted by molar-refractivity contribution is 6.31. The molecule has 0 spiro atoms. The molecule has 164 valence electrons. The molecule has 0 saturated carbocycles. The van der Waals surface area contributed by atoms with Gasteiger partial charge in [-0.2, -0.15) is 0 Å². The largest absolute Gasteiger partial charge is 0.360 e. The van der Waals surface area contributed by atoms with Crippen LogP contribution in [0.15, 0.2) is 72.8 Å². The number of amides is 1. The number of quaternary nitrogens is 1. The highest BCUT2D eigenvalue weighted by Crippen LogP contribution is 2.23. The molecule has 0 atom stereocenters. The Morgan fingerprint density at radius 2 is 1.66 bits per heavy atom. The molecule has 0 radical (unpaired) electrons. The van der Waals surface area contributed by atoms with Gasteiger partial charge in [-0.3, -0.25) is 9.59 Å². The van der Waals surface area contributed by atoms with Crippen molar-refractivity contribution in [2.45, 2.75) is 0 Å². The van der Waals surface area contributed by atoms with Gasteiger partial charge in [-0.15, -0.1) is 0 Å². The highest BCUT2D eigenvalue weighted by Gasteiger charge is 2.23. The Morgan fingerprint density at radius 3 is 2.34 bits per heavy atom. The summed E-state index contributed by atoms with van der Waals surface area (Å²) in [5, 5.41) is 3.33. The lowest BCUT2D eigenvalue weighted by molar-refractivity contribution is -0.892. The molecule has 3 aromatic rings. The van der Waals surface area contributed by atoms with Crippen LogP contribution in [-0.4, -0.2) is 44.4 Å². The molecule has 0 aromatic heterocycles. The van der Waals surface area contributed by atoms with Gasteiger partial charge in [-0.05, 0) is 42.5 Å². The van der Waals surface area contributed by atoms with Gasteiger partial charge in [0.15, 0.2) is 12.3 Å². The van der Waals surface area contributed by atoms with Crippen LogP contribution in [0.4, 0.5) is 15.8 Å². The molecule has 0 aliphatic carbocycles. The number of hydrogen-bond acceptors (Lipinski definition) is 3. The van der Waals surface area contributed by atoms with Crippen molar-refractivity contribution in [3.8, 4) is 0 Å². The van der Waals surface area contributed by atoms with Gasteiger partial charge in [0, 0.05) is 21.8 Å². The fourth-order valence-corrected chi connectivity index (χ4v) is 4.06. The molecule has 5 nitrogen and oxygen atoms in total. The minimum Gasteiger partial charge on any atom is -0.360 e. The molecule has 2 N–H and O–H groups in total. The lowest BCUT2D eigenvalue weighted by atomic mass is 10.0. The topological polar surface area (TPSA) is 53.9 Å². The second-order valence-electron chi connectivity index (χ2n) is 7.82. The zero-order chi connectivity index (χ0) is 22.5. The summed E-state index contributed by atoms with van der Waals surface area (Å²) >= 11 is 6.12. The summed E-state index contributed by atoms with van der Waals surface area (Å²) in [5.41, 5.74) is 2.35. The number of halogens is 2. The summed E-state index contributed by atoms with van der Waals surface area (Å²) in [5.74, 6) is -0.592. The van der Waals surface area contributed by atoms with E-state index < -0.39 is 0 Å². The van der Waals surface area contributed by atoms with Crippen LogP contribution >= 0.6 is 11.6 Å². The number of nitrogens with one attached hydrogen (secondary N) is 2. The van der Waals surface area contributed by atoms with Crippen LogP contribution in [0.3, 0.4) is 0 Å². The van der Waals surface area contributed by atoms with Crippen molar-refractivity contribution in [2.75, 3.05) is 42.9 Å². The molecular weight excluding hydrogens is 429 g/mol. The minimum atomic E-state index is -0.248. The molecule has 4 rings (SSSR count). The van der Waals surface area contributed by atoms with Crippen molar-refractivity contribution < 1.29 is 18.9 Å². The first kappa shape index (κ1) is 22.0. The van der Waals surface area contributed by atoms with E-state index >= 15 is 0 Å². The Hall–Kier alpha value is -3.22. The molecule has 3 aromatic carbocycles. The number of anilines is 2. The first-order valence-corrected chi connectivity index (χ1v) is 10.9. The summed E-state index contributed by atoms with van der Waals surface area (Å²) in [7, 11) is 0. The Morgan fingerprint density at radius 1 is 0.969 bits per heavy atom. The maximum absolute atomic E-state index is 13.1. The van der Waals surface area contributed by atoms with Gasteiger partial charge in [0.1, 0.15) is 5.82 Å². The predicted octanol–water partition coefficient (Wildman–Crippen LogP) is 3.05. The summed E-state index contributed by atoms with van der Waals surface area (Å²) in [4.78, 5) is 29.0. The third kappa shape index (κ3) is 5.33. The third-order valence-corrected chi connectivity index (χ3v) is 5.84. The normalized spacial score (nSPS) is 14.2. The van der Waals surface area contributed by atoms with Gasteiger partial charge in [-0.25, -0.2) is 4.39 Å². The number of hydrogen-bond donors (Lipinski definition) is 2. The second kappa shape index (κ2) is 9.94. The van der Waals surface area contributed by atoms with E-state index in [2.05, 4.69) is 10.2 Å². The van der Waals surface area contributed by atoms with Gasteiger partial charge in [0.25, 0.3) is 5.91 Å². The first-order valence-electron chi connectivity index (χ1n) is 10.5. The maximum Gasteiger partial charge on any atom is 0.279 e. The summed E-state index contributed by atoms with van der Waals surface area (Å²) in [6.45, 7) is 3.46. The molecule has 1 aliphatic heterocycles. The molecule has 1 heterocycles. The highest BCUT2D eigenvalue weighted by atomic mass is 35.5. The third-order valence-electron chi connectivity index (χ3n) is 5.61. The fraction of sp³-hybridized carbons (Fsp3) is 0.200. The van der Waals surface area contributed by atoms with Crippen LogP contribution in [0.5, 0.6) is 0 Å². The standard InChI is InChI=1S/C25H23ClFN3O2/c26-19-6-11-23(22(16-19)25(32)18-4-2-1-3-5-18)28-24(31)17-29-12-14-30(15-13-29)21-9-7-20(27)8-10-21/h1-11,16H,12-15,17H2,(H,28,31)/p+1. The van der Waals surface area contributed by atoms with Crippen LogP contribution in [0.25, 0.3) is 0 Å². The molecule has 32 heavy (non-hydrogen) atoms. The minimum absolute atomic E-state index is 0.153. The lowest BCUT2D eigenvalue weighted by Gasteiger charge is -2.33. The van der Waals surface area contributed by atoms with E-state index in [1.807, 2.05) is 6.07 Å². The van der Waals surface area contributed by atoms with E-state index in [1.54, 1.807) is 54.6 Å². The number of piperazine rings is 1. The fourth-order valence-electron chi connectivity index (χ4n) is 3.89. The SMILES string of the molecule is O=C(C[NH+]1CCN(c2ccc(F)cc2)CC1)Nc1ccc(Cl)cc1C(=O)c1ccccc1. The van der Waals surface area contributed by atoms with Crippen LogP contribution in [-0.2, 0) is 4.79 Å². The quantitative estimate of drug-likeness (QED) is 0.565. The van der Waals surface area contributed by atoms with Gasteiger partial charge in [-0.1, -0.05) is 41.9 Å². The molecule has 7 heteroatoms. The molecule has 1 fully saturated rings. The van der Waals surface area contributed by atoms with Crippen LogP contribution in [0.2, 0.25) is 5.02 Å². The molecular formula is C25H24ClFN3O2+. The number of nitrogens with zero attached hydrogens (tertiary/aromatic N) is 1. The predicted molar refractivity (Wildman–Crippen MR) is 124 cm³/mol. The van der Waals surface area contributed by atoms with Crippen molar-refractivity contribution in [2.24, 2.45) is 0 Å². The summed E-state index contributed by atoms with van der Waals surface area (Å²) < 4.78 is 13.1. The van der Waals surface area contributed by atoms with E-state index in [-0.39, 0.29) is 17.5 Å². The Balaban J connectivity index is 1.37. The maximum atomic E-state index is 13.1. The number of carbonyl (C=O) groups excluding carboxylic acids is 2. The van der Waals surface area contributed by atoms with Crippen LogP contribution in [0.1, 0.15) is 15.9 Å². The van der Waals surface area contributed by atoms with E-state index in [1.165, 1.54) is 12.1 Å². The number of ketones is 1. The molecule has 1 amide bonds. The van der Waals surface area contributed by atoms with Crippen molar-refractivity contribution in [3.05, 3.63) is 94.8 Å². The van der Waals surface area contributed by atoms with E-state index in [9.17, 15) is 14.0 Å². The number of rotatable bonds is 6. The van der Waals surface area contributed by atoms with Crippen molar-refractivity contribution in [3.63, 3.8) is 0 Å². The monoisotopic (exact) mass is 452 g/mol. The van der Waals surface area contributed by atoms with Gasteiger partial charge >= 0.3 is 0 Å². The number of carbonyl (C=O) groups is 2. The number of benzene rings is 3. The van der Waals surface area contributed by atoms with E-state index in [0.717, 1.165) is 36.8 Å². The Bertz CT molecular complexity index is 1100.